The summed E-state index contributed by atoms with van der Waals surface area (Å²) in [7, 11) is 0. The van der Waals surface area contributed by atoms with Crippen LogP contribution in [0.2, 0.25) is 0 Å². The van der Waals surface area contributed by atoms with Gasteiger partial charge in [-0.2, -0.15) is 0 Å². The van der Waals surface area contributed by atoms with Crippen molar-refractivity contribution in [2.45, 2.75) is 38.6 Å². The number of esters is 1. The number of benzene rings is 1. The van der Waals surface area contributed by atoms with Gasteiger partial charge in [-0.15, -0.1) is 0 Å². The third-order valence-corrected chi connectivity index (χ3v) is 3.54. The molecule has 0 heterocycles. The van der Waals surface area contributed by atoms with Crippen LogP contribution in [0.3, 0.4) is 0 Å². The molecule has 0 radical (unpaired) electrons. The number of hydrogen-bond donors (Lipinski definition) is 2. The molecule has 0 aliphatic heterocycles. The van der Waals surface area contributed by atoms with Crippen molar-refractivity contribution in [2.75, 3.05) is 12.3 Å². The Bertz CT molecular complexity index is 508. The predicted octanol–water partition coefficient (Wildman–Crippen LogP) is 1.79. The fourth-order valence-electron chi connectivity index (χ4n) is 2.41. The number of anilines is 1. The quantitative estimate of drug-likeness (QED) is 0.649. The molecule has 5 nitrogen and oxygen atoms in total. The monoisotopic (exact) mass is 276 g/mol. The molecule has 1 saturated carbocycles. The van der Waals surface area contributed by atoms with Gasteiger partial charge in [-0.1, -0.05) is 18.9 Å². The maximum Gasteiger partial charge on any atom is 0.338 e. The maximum atomic E-state index is 11.9. The summed E-state index contributed by atoms with van der Waals surface area (Å²) >= 11 is 0. The summed E-state index contributed by atoms with van der Waals surface area (Å²) in [4.78, 5) is 23.6. The van der Waals surface area contributed by atoms with E-state index in [9.17, 15) is 9.59 Å². The summed E-state index contributed by atoms with van der Waals surface area (Å²) < 4.78 is 5.03. The van der Waals surface area contributed by atoms with Gasteiger partial charge in [0.25, 0.3) is 5.91 Å². The standard InChI is InChI=1S/C15H20N2O3/c1-10-6-7-11(16)8-13(10)15(19)20-9-14(18)17-12-4-2-3-5-12/h6-8,12H,2-5,9,16H2,1H3,(H,17,18). The zero-order chi connectivity index (χ0) is 14.5. The predicted molar refractivity (Wildman–Crippen MR) is 76.3 cm³/mol. The van der Waals surface area contributed by atoms with E-state index in [0.717, 1.165) is 31.2 Å². The van der Waals surface area contributed by atoms with Gasteiger partial charge in [0.15, 0.2) is 6.61 Å². The topological polar surface area (TPSA) is 81.4 Å². The Morgan fingerprint density at radius 3 is 2.75 bits per heavy atom. The number of nitrogens with one attached hydrogen (secondary N) is 1. The van der Waals surface area contributed by atoms with Crippen molar-refractivity contribution in [1.29, 1.82) is 0 Å². The van der Waals surface area contributed by atoms with Crippen molar-refractivity contribution in [3.05, 3.63) is 29.3 Å². The van der Waals surface area contributed by atoms with Crippen LogP contribution in [0.25, 0.3) is 0 Å². The lowest BCUT2D eigenvalue weighted by Gasteiger charge is -2.12. The third kappa shape index (κ3) is 3.73. The molecule has 1 aliphatic carbocycles. The third-order valence-electron chi connectivity index (χ3n) is 3.54. The van der Waals surface area contributed by atoms with E-state index >= 15 is 0 Å². The van der Waals surface area contributed by atoms with Crippen LogP contribution >= 0.6 is 0 Å². The van der Waals surface area contributed by atoms with Crippen LogP contribution in [0.15, 0.2) is 18.2 Å². The first-order valence-electron chi connectivity index (χ1n) is 6.89. The Kier molecular flexibility index (Phi) is 4.61. The van der Waals surface area contributed by atoms with Crippen molar-refractivity contribution in [1.82, 2.24) is 5.32 Å². The minimum atomic E-state index is -0.517. The molecular weight excluding hydrogens is 256 g/mol. The highest BCUT2D eigenvalue weighted by molar-refractivity contribution is 5.93. The molecule has 0 bridgehead atoms. The van der Waals surface area contributed by atoms with Crippen molar-refractivity contribution < 1.29 is 14.3 Å². The minimum Gasteiger partial charge on any atom is -0.452 e. The first-order chi connectivity index (χ1) is 9.56. The Hall–Kier alpha value is -2.04. The van der Waals surface area contributed by atoms with E-state index in [-0.39, 0.29) is 18.6 Å². The summed E-state index contributed by atoms with van der Waals surface area (Å²) in [5, 5.41) is 2.87. The molecule has 3 N–H and O–H groups in total. The van der Waals surface area contributed by atoms with Crippen molar-refractivity contribution >= 4 is 17.6 Å². The molecule has 108 valence electrons. The molecule has 1 aliphatic rings. The zero-order valence-corrected chi connectivity index (χ0v) is 11.6. The number of nitrogens with two attached hydrogens (primary N) is 1. The van der Waals surface area contributed by atoms with E-state index in [1.54, 1.807) is 25.1 Å². The van der Waals surface area contributed by atoms with E-state index in [0.29, 0.717) is 11.3 Å². The molecule has 1 amide bonds. The lowest BCUT2D eigenvalue weighted by Crippen LogP contribution is -2.35. The number of rotatable bonds is 4. The smallest absolute Gasteiger partial charge is 0.338 e. The average Bonchev–Trinajstić information content (AvgIpc) is 2.91. The van der Waals surface area contributed by atoms with E-state index in [2.05, 4.69) is 5.32 Å². The van der Waals surface area contributed by atoms with Gasteiger partial charge in [0.05, 0.1) is 5.56 Å². The highest BCUT2D eigenvalue weighted by atomic mass is 16.5. The Morgan fingerprint density at radius 2 is 2.05 bits per heavy atom. The maximum absolute atomic E-state index is 11.9. The van der Waals surface area contributed by atoms with Gasteiger partial charge in [0.2, 0.25) is 0 Å². The molecule has 2 rings (SSSR count). The van der Waals surface area contributed by atoms with Gasteiger partial charge in [-0.3, -0.25) is 4.79 Å². The molecule has 0 atom stereocenters. The molecule has 5 heteroatoms. The van der Waals surface area contributed by atoms with E-state index < -0.39 is 5.97 Å². The van der Waals surface area contributed by atoms with E-state index in [1.165, 1.54) is 0 Å². The number of carbonyl (C=O) groups is 2. The second-order valence-corrected chi connectivity index (χ2v) is 5.20. The number of hydrogen-bond acceptors (Lipinski definition) is 4. The number of aryl methyl sites for hydroxylation is 1. The Labute approximate surface area is 118 Å². The van der Waals surface area contributed by atoms with Gasteiger partial charge >= 0.3 is 5.97 Å². The fraction of sp³-hybridized carbons (Fsp3) is 0.467. The zero-order valence-electron chi connectivity index (χ0n) is 11.6. The van der Waals surface area contributed by atoms with Crippen molar-refractivity contribution in [3.8, 4) is 0 Å². The Morgan fingerprint density at radius 1 is 1.35 bits per heavy atom. The lowest BCUT2D eigenvalue weighted by molar-refractivity contribution is -0.124. The SMILES string of the molecule is Cc1ccc(N)cc1C(=O)OCC(=O)NC1CCCC1. The first kappa shape index (κ1) is 14.4. The van der Waals surface area contributed by atoms with Gasteiger partial charge in [-0.25, -0.2) is 4.79 Å². The molecule has 1 aromatic carbocycles. The number of amides is 1. The minimum absolute atomic E-state index is 0.232. The van der Waals surface area contributed by atoms with Gasteiger partial charge in [0, 0.05) is 11.7 Å². The van der Waals surface area contributed by atoms with Crippen molar-refractivity contribution in [3.63, 3.8) is 0 Å². The Balaban J connectivity index is 1.85. The van der Waals surface area contributed by atoms with Crippen LogP contribution in [0, 0.1) is 6.92 Å². The molecule has 0 unspecified atom stereocenters. The van der Waals surface area contributed by atoms with Crippen LogP contribution < -0.4 is 11.1 Å². The highest BCUT2D eigenvalue weighted by Crippen LogP contribution is 2.17. The molecule has 1 aromatic rings. The van der Waals surface area contributed by atoms with E-state index in [1.807, 2.05) is 0 Å². The van der Waals surface area contributed by atoms with Crippen LogP contribution in [-0.4, -0.2) is 24.5 Å². The number of nitrogen functional groups attached to an aromatic ring is 1. The summed E-state index contributed by atoms with van der Waals surface area (Å²) in [6.07, 6.45) is 4.31. The average molecular weight is 276 g/mol. The van der Waals surface area contributed by atoms with Gasteiger partial charge < -0.3 is 15.8 Å². The van der Waals surface area contributed by atoms with Gasteiger partial charge in [0.1, 0.15) is 0 Å². The van der Waals surface area contributed by atoms with Crippen LogP contribution in [0.4, 0.5) is 5.69 Å². The molecule has 0 spiro atoms. The molecule has 1 fully saturated rings. The summed E-state index contributed by atoms with van der Waals surface area (Å²) in [6, 6.07) is 5.27. The summed E-state index contributed by atoms with van der Waals surface area (Å²) in [5.74, 6) is -0.761. The van der Waals surface area contributed by atoms with Crippen LogP contribution in [0.5, 0.6) is 0 Å². The molecule has 0 aromatic heterocycles. The first-order valence-corrected chi connectivity index (χ1v) is 6.89. The van der Waals surface area contributed by atoms with Crippen molar-refractivity contribution in [2.24, 2.45) is 0 Å². The number of carbonyl (C=O) groups excluding carboxylic acids is 2. The number of ether oxygens (including phenoxy) is 1. The normalized spacial score (nSPS) is 15.1. The van der Waals surface area contributed by atoms with Crippen LogP contribution in [0.1, 0.15) is 41.6 Å². The lowest BCUT2D eigenvalue weighted by atomic mass is 10.1. The second kappa shape index (κ2) is 6.41. The second-order valence-electron chi connectivity index (χ2n) is 5.20. The van der Waals surface area contributed by atoms with Crippen LogP contribution in [-0.2, 0) is 9.53 Å². The fourth-order valence-corrected chi connectivity index (χ4v) is 2.41. The summed E-state index contributed by atoms with van der Waals surface area (Å²) in [5.41, 5.74) is 7.32. The van der Waals surface area contributed by atoms with E-state index in [4.69, 9.17) is 10.5 Å². The highest BCUT2D eigenvalue weighted by Gasteiger charge is 2.18. The molecule has 20 heavy (non-hydrogen) atoms. The molecular formula is C15H20N2O3. The largest absolute Gasteiger partial charge is 0.452 e. The molecule has 0 saturated heterocycles. The van der Waals surface area contributed by atoms with Gasteiger partial charge in [-0.05, 0) is 37.5 Å². The summed E-state index contributed by atoms with van der Waals surface area (Å²) in [6.45, 7) is 1.55.